The summed E-state index contributed by atoms with van der Waals surface area (Å²) in [6.45, 7) is 2.10. The quantitative estimate of drug-likeness (QED) is 0.925. The Morgan fingerprint density at radius 3 is 2.87 bits per heavy atom. The monoisotopic (exact) mass is 321 g/mol. The van der Waals surface area contributed by atoms with Crippen LogP contribution >= 0.6 is 0 Å². The molecule has 2 aromatic rings. The van der Waals surface area contributed by atoms with Crippen LogP contribution in [0.25, 0.3) is 0 Å². The fourth-order valence-electron chi connectivity index (χ4n) is 2.85. The predicted octanol–water partition coefficient (Wildman–Crippen LogP) is 1.49. The van der Waals surface area contributed by atoms with E-state index in [4.69, 9.17) is 5.73 Å². The predicted molar refractivity (Wildman–Crippen MR) is 78.4 cm³/mol. The number of nitrogens with zero attached hydrogens (tertiary/aromatic N) is 4. The smallest absolute Gasteiger partial charge is 0.288 e. The van der Waals surface area contributed by atoms with Crippen LogP contribution < -0.4 is 5.73 Å². The third kappa shape index (κ3) is 3.53. The summed E-state index contributed by atoms with van der Waals surface area (Å²) in [5, 5.41) is 4.10. The second kappa shape index (κ2) is 6.41. The molecule has 1 aromatic carbocycles. The molecule has 0 spiro atoms. The lowest BCUT2D eigenvalue weighted by molar-refractivity contribution is 0.0989. The number of benzene rings is 1. The number of nitrogens with two attached hydrogens (primary N) is 1. The van der Waals surface area contributed by atoms with E-state index in [1.54, 1.807) is 10.7 Å². The minimum absolute atomic E-state index is 0.00253. The zero-order chi connectivity index (χ0) is 16.4. The van der Waals surface area contributed by atoms with E-state index < -0.39 is 17.5 Å². The summed E-state index contributed by atoms with van der Waals surface area (Å²) >= 11 is 0. The molecule has 8 heteroatoms. The molecule has 1 atom stereocenters. The van der Waals surface area contributed by atoms with Crippen molar-refractivity contribution in [3.63, 3.8) is 0 Å². The summed E-state index contributed by atoms with van der Waals surface area (Å²) in [5.74, 6) is -2.33. The molecule has 0 bridgehead atoms. The molecular weight excluding hydrogens is 304 g/mol. The lowest BCUT2D eigenvalue weighted by atomic mass is 10.0. The number of hydrogen-bond donors (Lipinski definition) is 1. The summed E-state index contributed by atoms with van der Waals surface area (Å²) in [6.07, 6.45) is 3.36. The van der Waals surface area contributed by atoms with E-state index in [2.05, 4.69) is 15.0 Å². The number of amides is 1. The van der Waals surface area contributed by atoms with Crippen molar-refractivity contribution in [2.45, 2.75) is 25.4 Å². The summed E-state index contributed by atoms with van der Waals surface area (Å²) in [4.78, 5) is 17.1. The molecule has 23 heavy (non-hydrogen) atoms. The van der Waals surface area contributed by atoms with Gasteiger partial charge >= 0.3 is 0 Å². The Balaban J connectivity index is 1.67. The van der Waals surface area contributed by atoms with Gasteiger partial charge in [-0.05, 0) is 37.1 Å². The molecular formula is C15H17F2N5O. The van der Waals surface area contributed by atoms with Crippen LogP contribution in [0.4, 0.5) is 8.78 Å². The van der Waals surface area contributed by atoms with Crippen molar-refractivity contribution in [1.29, 1.82) is 0 Å². The van der Waals surface area contributed by atoms with Crippen LogP contribution in [0.2, 0.25) is 0 Å². The van der Waals surface area contributed by atoms with Crippen LogP contribution in [0.3, 0.4) is 0 Å². The fourth-order valence-corrected chi connectivity index (χ4v) is 2.85. The maximum absolute atomic E-state index is 13.3. The van der Waals surface area contributed by atoms with Crippen LogP contribution in [-0.2, 0) is 6.54 Å². The van der Waals surface area contributed by atoms with Gasteiger partial charge in [0.1, 0.15) is 6.33 Å². The van der Waals surface area contributed by atoms with Gasteiger partial charge in [0.2, 0.25) is 5.82 Å². The summed E-state index contributed by atoms with van der Waals surface area (Å²) in [6, 6.07) is 4.03. The van der Waals surface area contributed by atoms with Gasteiger partial charge in [-0.3, -0.25) is 9.69 Å². The Kier molecular flexibility index (Phi) is 4.33. The minimum Gasteiger partial charge on any atom is -0.363 e. The Hall–Kier alpha value is -2.35. The number of halogens is 2. The van der Waals surface area contributed by atoms with Crippen LogP contribution in [0.1, 0.15) is 35.1 Å². The average molecular weight is 321 g/mol. The molecule has 122 valence electrons. The minimum atomic E-state index is -0.841. The van der Waals surface area contributed by atoms with E-state index in [1.165, 1.54) is 12.4 Å². The first-order chi connectivity index (χ1) is 11.0. The van der Waals surface area contributed by atoms with Crippen LogP contribution in [0, 0.1) is 11.6 Å². The molecule has 1 aliphatic rings. The number of carbonyl (C=O) groups is 1. The van der Waals surface area contributed by atoms with Gasteiger partial charge in [-0.25, -0.2) is 18.4 Å². The number of likely N-dealkylation sites (tertiary alicyclic amines) is 1. The molecule has 0 radical (unpaired) electrons. The van der Waals surface area contributed by atoms with Gasteiger partial charge in [-0.2, -0.15) is 0 Å². The zero-order valence-corrected chi connectivity index (χ0v) is 12.5. The number of piperidine rings is 1. The third-order valence-corrected chi connectivity index (χ3v) is 3.97. The summed E-state index contributed by atoms with van der Waals surface area (Å²) in [7, 11) is 0. The van der Waals surface area contributed by atoms with Crippen molar-refractivity contribution in [3.05, 3.63) is 47.5 Å². The first-order valence-electron chi connectivity index (χ1n) is 7.40. The van der Waals surface area contributed by atoms with E-state index in [9.17, 15) is 13.6 Å². The van der Waals surface area contributed by atoms with Crippen molar-refractivity contribution < 1.29 is 13.6 Å². The number of carbonyl (C=O) groups excluding carboxylic acids is 1. The van der Waals surface area contributed by atoms with Crippen molar-refractivity contribution in [2.75, 3.05) is 13.1 Å². The van der Waals surface area contributed by atoms with E-state index >= 15 is 0 Å². The fraction of sp³-hybridized carbons (Fsp3) is 0.400. The normalized spacial score (nSPS) is 19.0. The van der Waals surface area contributed by atoms with Gasteiger partial charge in [0.25, 0.3) is 5.91 Å². The highest BCUT2D eigenvalue weighted by Crippen LogP contribution is 2.22. The molecule has 1 saturated heterocycles. The van der Waals surface area contributed by atoms with E-state index in [-0.39, 0.29) is 11.9 Å². The maximum atomic E-state index is 13.3. The van der Waals surface area contributed by atoms with Gasteiger partial charge in [0, 0.05) is 13.1 Å². The summed E-state index contributed by atoms with van der Waals surface area (Å²) < 4.78 is 27.9. The molecule has 1 aromatic heterocycles. The molecule has 1 amide bonds. The van der Waals surface area contributed by atoms with E-state index in [0.717, 1.165) is 31.0 Å². The van der Waals surface area contributed by atoms with Gasteiger partial charge in [-0.1, -0.05) is 6.07 Å². The first kappa shape index (κ1) is 15.5. The second-order valence-electron chi connectivity index (χ2n) is 5.69. The third-order valence-electron chi connectivity index (χ3n) is 3.97. The first-order valence-corrected chi connectivity index (χ1v) is 7.40. The SMILES string of the molecule is NC(=O)c1ncn([C@H]2CCCN(Cc3ccc(F)c(F)c3)C2)n1. The van der Waals surface area contributed by atoms with Crippen LogP contribution in [0.5, 0.6) is 0 Å². The van der Waals surface area contributed by atoms with Crippen molar-refractivity contribution in [1.82, 2.24) is 19.7 Å². The van der Waals surface area contributed by atoms with Gasteiger partial charge in [-0.15, -0.1) is 5.10 Å². The highest BCUT2D eigenvalue weighted by molar-refractivity contribution is 5.88. The van der Waals surface area contributed by atoms with E-state index in [0.29, 0.717) is 13.1 Å². The van der Waals surface area contributed by atoms with E-state index in [1.807, 2.05) is 0 Å². The largest absolute Gasteiger partial charge is 0.363 e. The lowest BCUT2D eigenvalue weighted by Crippen LogP contribution is -2.36. The molecule has 6 nitrogen and oxygen atoms in total. The molecule has 0 saturated carbocycles. The van der Waals surface area contributed by atoms with Crippen molar-refractivity contribution in [2.24, 2.45) is 5.73 Å². The Morgan fingerprint density at radius 1 is 1.35 bits per heavy atom. The van der Waals surface area contributed by atoms with Crippen molar-refractivity contribution in [3.8, 4) is 0 Å². The average Bonchev–Trinajstić information content (AvgIpc) is 3.01. The Labute approximate surface area is 131 Å². The molecule has 2 N–H and O–H groups in total. The topological polar surface area (TPSA) is 77.0 Å². The van der Waals surface area contributed by atoms with Gasteiger partial charge in [0.05, 0.1) is 6.04 Å². The van der Waals surface area contributed by atoms with Crippen molar-refractivity contribution >= 4 is 5.91 Å². The number of aromatic nitrogens is 3. The number of primary amides is 1. The van der Waals surface area contributed by atoms with Crippen LogP contribution in [-0.4, -0.2) is 38.7 Å². The molecule has 3 rings (SSSR count). The number of rotatable bonds is 4. The highest BCUT2D eigenvalue weighted by atomic mass is 19.2. The zero-order valence-electron chi connectivity index (χ0n) is 12.5. The van der Waals surface area contributed by atoms with Gasteiger partial charge < -0.3 is 5.73 Å². The second-order valence-corrected chi connectivity index (χ2v) is 5.69. The summed E-state index contributed by atoms with van der Waals surface area (Å²) in [5.41, 5.74) is 5.88. The molecule has 1 aliphatic heterocycles. The highest BCUT2D eigenvalue weighted by Gasteiger charge is 2.23. The maximum Gasteiger partial charge on any atom is 0.288 e. The Bertz CT molecular complexity index is 718. The molecule has 2 heterocycles. The molecule has 0 aliphatic carbocycles. The standard InChI is InChI=1S/C15H17F2N5O/c16-12-4-3-10(6-13(12)17)7-21-5-1-2-11(8-21)22-9-19-15(20-22)14(18)23/h3-4,6,9,11H,1-2,5,7-8H2,(H2,18,23)/t11-/m0/s1. The number of hydrogen-bond acceptors (Lipinski definition) is 4. The molecule has 0 unspecified atom stereocenters. The molecule has 1 fully saturated rings. The lowest BCUT2D eigenvalue weighted by Gasteiger charge is -2.32. The Morgan fingerprint density at radius 2 is 2.17 bits per heavy atom. The van der Waals surface area contributed by atoms with Gasteiger partial charge in [0.15, 0.2) is 11.6 Å². The van der Waals surface area contributed by atoms with Crippen LogP contribution in [0.15, 0.2) is 24.5 Å².